The Hall–Kier alpha value is -0.370. The Balaban J connectivity index is 3.47. The summed E-state index contributed by atoms with van der Waals surface area (Å²) >= 11 is 0. The maximum absolute atomic E-state index is 10.7. The molecule has 0 aliphatic carbocycles. The summed E-state index contributed by atoms with van der Waals surface area (Å²) in [5.74, 6) is 1.06. The van der Waals surface area contributed by atoms with Gasteiger partial charge in [-0.25, -0.2) is 0 Å². The Bertz CT molecular complexity index is 154. The van der Waals surface area contributed by atoms with E-state index in [2.05, 4.69) is 25.7 Å². The van der Waals surface area contributed by atoms with Gasteiger partial charge in [0.1, 0.15) is 5.78 Å². The molecule has 0 radical (unpaired) electrons. The van der Waals surface area contributed by atoms with Crippen LogP contribution >= 0.6 is 0 Å². The molecule has 84 valence electrons. The first-order chi connectivity index (χ1) is 6.56. The fourth-order valence-electron chi connectivity index (χ4n) is 1.60. The molecule has 0 aromatic carbocycles. The van der Waals surface area contributed by atoms with Crippen LogP contribution in [0.25, 0.3) is 0 Å². The number of nitrogens with zero attached hydrogens (tertiary/aromatic N) is 1. The van der Waals surface area contributed by atoms with Crippen molar-refractivity contribution in [3.8, 4) is 0 Å². The topological polar surface area (TPSA) is 20.3 Å². The molecular formula is C12H25NO. The molecule has 0 aromatic rings. The Labute approximate surface area is 88.7 Å². The minimum Gasteiger partial charge on any atom is -0.303 e. The Morgan fingerprint density at radius 1 is 1.29 bits per heavy atom. The maximum atomic E-state index is 10.7. The molecule has 0 rings (SSSR count). The maximum Gasteiger partial charge on any atom is 0.129 e. The molecule has 0 aliphatic heterocycles. The molecule has 0 saturated carbocycles. The number of hydrogen-bond acceptors (Lipinski definition) is 2. The van der Waals surface area contributed by atoms with Crippen LogP contribution in [0.15, 0.2) is 0 Å². The number of carbonyl (C=O) groups excluding carboxylic acids is 1. The van der Waals surface area contributed by atoms with Gasteiger partial charge >= 0.3 is 0 Å². The second-order valence-corrected chi connectivity index (χ2v) is 4.45. The zero-order valence-corrected chi connectivity index (χ0v) is 10.2. The van der Waals surface area contributed by atoms with Crippen LogP contribution in [0.5, 0.6) is 0 Å². The smallest absolute Gasteiger partial charge is 0.129 e. The van der Waals surface area contributed by atoms with Gasteiger partial charge in [0, 0.05) is 13.0 Å². The lowest BCUT2D eigenvalue weighted by atomic mass is 10.1. The van der Waals surface area contributed by atoms with Crippen LogP contribution in [-0.2, 0) is 4.79 Å². The molecular weight excluding hydrogens is 174 g/mol. The van der Waals surface area contributed by atoms with Crippen molar-refractivity contribution in [3.63, 3.8) is 0 Å². The minimum absolute atomic E-state index is 0.317. The van der Waals surface area contributed by atoms with Crippen molar-refractivity contribution in [2.24, 2.45) is 5.92 Å². The highest BCUT2D eigenvalue weighted by molar-refractivity contribution is 5.75. The van der Waals surface area contributed by atoms with E-state index in [1.807, 2.05) is 0 Å². The molecule has 14 heavy (non-hydrogen) atoms. The molecule has 0 saturated heterocycles. The highest BCUT2D eigenvalue weighted by Gasteiger charge is 2.04. The molecule has 0 fully saturated rings. The molecule has 0 amide bonds. The van der Waals surface area contributed by atoms with Crippen molar-refractivity contribution in [3.05, 3.63) is 0 Å². The van der Waals surface area contributed by atoms with Gasteiger partial charge in [-0.1, -0.05) is 20.8 Å². The molecule has 0 heterocycles. The van der Waals surface area contributed by atoms with Crippen LogP contribution in [0.1, 0.15) is 47.0 Å². The van der Waals surface area contributed by atoms with Crippen LogP contribution in [0.4, 0.5) is 0 Å². The number of ketones is 1. The summed E-state index contributed by atoms with van der Waals surface area (Å²) in [6.45, 7) is 11.8. The van der Waals surface area contributed by atoms with Gasteiger partial charge in [0.15, 0.2) is 0 Å². The highest BCUT2D eigenvalue weighted by Crippen LogP contribution is 2.02. The van der Waals surface area contributed by atoms with E-state index in [0.717, 1.165) is 38.3 Å². The first kappa shape index (κ1) is 13.6. The molecule has 0 N–H and O–H groups in total. The SMILES string of the molecule is CCN(CCCCC(C)=O)CC(C)C. The third-order valence-corrected chi connectivity index (χ3v) is 2.32. The van der Waals surface area contributed by atoms with Gasteiger partial charge < -0.3 is 9.69 Å². The van der Waals surface area contributed by atoms with E-state index in [1.165, 1.54) is 6.54 Å². The van der Waals surface area contributed by atoms with Crippen LogP contribution in [0.2, 0.25) is 0 Å². The van der Waals surface area contributed by atoms with Crippen molar-refractivity contribution in [2.45, 2.75) is 47.0 Å². The van der Waals surface area contributed by atoms with E-state index in [1.54, 1.807) is 6.92 Å². The number of rotatable bonds is 8. The Morgan fingerprint density at radius 3 is 2.36 bits per heavy atom. The lowest BCUT2D eigenvalue weighted by molar-refractivity contribution is -0.117. The second-order valence-electron chi connectivity index (χ2n) is 4.45. The number of carbonyl (C=O) groups is 1. The van der Waals surface area contributed by atoms with Gasteiger partial charge in [0.2, 0.25) is 0 Å². The number of hydrogen-bond donors (Lipinski definition) is 0. The summed E-state index contributed by atoms with van der Waals surface area (Å²) in [5, 5.41) is 0. The predicted molar refractivity (Wildman–Crippen MR) is 61.5 cm³/mol. The van der Waals surface area contributed by atoms with E-state index in [0.29, 0.717) is 5.78 Å². The largest absolute Gasteiger partial charge is 0.303 e. The predicted octanol–water partition coefficient (Wildman–Crippen LogP) is 2.72. The monoisotopic (exact) mass is 199 g/mol. The van der Waals surface area contributed by atoms with Gasteiger partial charge in [-0.15, -0.1) is 0 Å². The molecule has 0 spiro atoms. The molecule has 2 nitrogen and oxygen atoms in total. The Kier molecular flexibility index (Phi) is 7.77. The van der Waals surface area contributed by atoms with E-state index in [9.17, 15) is 4.79 Å². The van der Waals surface area contributed by atoms with Crippen molar-refractivity contribution in [2.75, 3.05) is 19.6 Å². The first-order valence-corrected chi connectivity index (χ1v) is 5.78. The van der Waals surface area contributed by atoms with Crippen molar-refractivity contribution in [1.29, 1.82) is 0 Å². The molecule has 0 aromatic heterocycles. The zero-order valence-electron chi connectivity index (χ0n) is 10.2. The molecule has 0 bridgehead atoms. The molecule has 0 aliphatic rings. The van der Waals surface area contributed by atoms with E-state index in [-0.39, 0.29) is 0 Å². The van der Waals surface area contributed by atoms with Crippen LogP contribution in [-0.4, -0.2) is 30.3 Å². The van der Waals surface area contributed by atoms with E-state index in [4.69, 9.17) is 0 Å². The molecule has 0 atom stereocenters. The van der Waals surface area contributed by atoms with Crippen molar-refractivity contribution >= 4 is 5.78 Å². The summed E-state index contributed by atoms with van der Waals surface area (Å²) < 4.78 is 0. The summed E-state index contributed by atoms with van der Waals surface area (Å²) in [6, 6.07) is 0. The second kappa shape index (κ2) is 7.98. The van der Waals surface area contributed by atoms with Gasteiger partial charge in [-0.2, -0.15) is 0 Å². The average molecular weight is 199 g/mol. The van der Waals surface area contributed by atoms with Gasteiger partial charge in [0.25, 0.3) is 0 Å². The van der Waals surface area contributed by atoms with Crippen molar-refractivity contribution < 1.29 is 4.79 Å². The summed E-state index contributed by atoms with van der Waals surface area (Å²) in [7, 11) is 0. The van der Waals surface area contributed by atoms with E-state index < -0.39 is 0 Å². The first-order valence-electron chi connectivity index (χ1n) is 5.78. The average Bonchev–Trinajstić information content (AvgIpc) is 2.09. The number of unbranched alkanes of at least 4 members (excludes halogenated alkanes) is 1. The summed E-state index contributed by atoms with van der Waals surface area (Å²) in [4.78, 5) is 13.2. The normalized spacial score (nSPS) is 11.3. The standard InChI is InChI=1S/C12H25NO/c1-5-13(10-11(2)3)9-7-6-8-12(4)14/h11H,5-10H2,1-4H3. The van der Waals surface area contributed by atoms with Crippen LogP contribution < -0.4 is 0 Å². The number of Topliss-reactive ketones (excluding diaryl/α,β-unsaturated/α-hetero) is 1. The third kappa shape index (κ3) is 8.24. The fraction of sp³-hybridized carbons (Fsp3) is 0.917. The van der Waals surface area contributed by atoms with Crippen LogP contribution in [0.3, 0.4) is 0 Å². The summed E-state index contributed by atoms with van der Waals surface area (Å²) in [6.07, 6.45) is 2.95. The van der Waals surface area contributed by atoms with Gasteiger partial charge in [-0.3, -0.25) is 0 Å². The summed E-state index contributed by atoms with van der Waals surface area (Å²) in [5.41, 5.74) is 0. The van der Waals surface area contributed by atoms with E-state index >= 15 is 0 Å². The van der Waals surface area contributed by atoms with Gasteiger partial charge in [0.05, 0.1) is 0 Å². The van der Waals surface area contributed by atoms with Gasteiger partial charge in [-0.05, 0) is 38.8 Å². The zero-order chi connectivity index (χ0) is 11.0. The van der Waals surface area contributed by atoms with Crippen molar-refractivity contribution in [1.82, 2.24) is 4.90 Å². The lowest BCUT2D eigenvalue weighted by Crippen LogP contribution is -2.28. The molecule has 2 heteroatoms. The lowest BCUT2D eigenvalue weighted by Gasteiger charge is -2.22. The fourth-order valence-corrected chi connectivity index (χ4v) is 1.60. The van der Waals surface area contributed by atoms with Crippen LogP contribution in [0, 0.1) is 5.92 Å². The Morgan fingerprint density at radius 2 is 1.93 bits per heavy atom. The highest BCUT2D eigenvalue weighted by atomic mass is 16.1. The third-order valence-electron chi connectivity index (χ3n) is 2.32. The molecule has 0 unspecified atom stereocenters. The minimum atomic E-state index is 0.317. The quantitative estimate of drug-likeness (QED) is 0.560.